The van der Waals surface area contributed by atoms with E-state index in [1.165, 1.54) is 25.7 Å². The molecule has 0 amide bonds. The van der Waals surface area contributed by atoms with Gasteiger partial charge in [-0.3, -0.25) is 0 Å². The molecule has 1 aromatic rings. The van der Waals surface area contributed by atoms with Crippen molar-refractivity contribution in [3.8, 4) is 0 Å². The van der Waals surface area contributed by atoms with Gasteiger partial charge in [-0.15, -0.1) is 0 Å². The number of nitrogens with one attached hydrogen (secondary N) is 1. The van der Waals surface area contributed by atoms with Gasteiger partial charge in [0.15, 0.2) is 0 Å². The van der Waals surface area contributed by atoms with Crippen LogP contribution in [0.3, 0.4) is 0 Å². The van der Waals surface area contributed by atoms with E-state index in [1.807, 2.05) is 6.92 Å². The Morgan fingerprint density at radius 3 is 2.94 bits per heavy atom. The summed E-state index contributed by atoms with van der Waals surface area (Å²) in [4.78, 5) is 4.58. The van der Waals surface area contributed by atoms with E-state index in [0.717, 1.165) is 37.8 Å². The highest BCUT2D eigenvalue weighted by Gasteiger charge is 2.19. The molecule has 4 heteroatoms. The number of hydrogen-bond donors (Lipinski definition) is 1. The topological polar surface area (TPSA) is 39.1 Å². The average Bonchev–Trinajstić information content (AvgIpc) is 2.98. The second kappa shape index (κ2) is 6.78. The molecule has 1 N–H and O–H groups in total. The first-order chi connectivity index (χ1) is 8.81. The van der Waals surface area contributed by atoms with E-state index in [1.54, 1.807) is 0 Å². The second-order valence-electron chi connectivity index (χ2n) is 5.03. The van der Waals surface area contributed by atoms with E-state index in [2.05, 4.69) is 28.0 Å². The van der Waals surface area contributed by atoms with Crippen molar-refractivity contribution in [3.05, 3.63) is 11.9 Å². The number of anilines is 1. The molecule has 2 rings (SSSR count). The minimum absolute atomic E-state index is 0.653. The fraction of sp³-hybridized carbons (Fsp3) is 0.786. The molecule has 0 radical (unpaired) electrons. The van der Waals surface area contributed by atoms with Crippen LogP contribution in [-0.4, -0.2) is 29.3 Å². The van der Waals surface area contributed by atoms with Crippen LogP contribution in [0.15, 0.2) is 6.20 Å². The Kier molecular flexibility index (Phi) is 5.05. The third-order valence-electron chi connectivity index (χ3n) is 3.52. The normalized spacial score (nSPS) is 16.3. The van der Waals surface area contributed by atoms with Crippen LogP contribution < -0.4 is 5.32 Å². The summed E-state index contributed by atoms with van der Waals surface area (Å²) in [6.45, 7) is 6.66. The van der Waals surface area contributed by atoms with Gasteiger partial charge in [0, 0.05) is 32.0 Å². The van der Waals surface area contributed by atoms with Crippen LogP contribution in [0.1, 0.15) is 50.8 Å². The minimum atomic E-state index is 0.653. The Morgan fingerprint density at radius 2 is 2.22 bits per heavy atom. The Hall–Kier alpha value is -1.03. The van der Waals surface area contributed by atoms with Crippen LogP contribution in [0, 0.1) is 6.92 Å². The molecule has 1 aromatic heterocycles. The number of aryl methyl sites for hydroxylation is 1. The summed E-state index contributed by atoms with van der Waals surface area (Å²) in [7, 11) is 0. The van der Waals surface area contributed by atoms with Gasteiger partial charge in [0.25, 0.3) is 0 Å². The van der Waals surface area contributed by atoms with Crippen molar-refractivity contribution < 1.29 is 4.74 Å². The third kappa shape index (κ3) is 3.48. The summed E-state index contributed by atoms with van der Waals surface area (Å²) < 4.78 is 7.68. The van der Waals surface area contributed by atoms with E-state index in [0.29, 0.717) is 6.04 Å². The van der Waals surface area contributed by atoms with Crippen LogP contribution in [0.25, 0.3) is 0 Å². The highest BCUT2D eigenvalue weighted by Crippen LogP contribution is 2.31. The molecule has 18 heavy (non-hydrogen) atoms. The van der Waals surface area contributed by atoms with E-state index in [-0.39, 0.29) is 0 Å². The first-order valence-corrected chi connectivity index (χ1v) is 7.18. The molecule has 0 bridgehead atoms. The summed E-state index contributed by atoms with van der Waals surface area (Å²) in [5.41, 5.74) is 1.11. The highest BCUT2D eigenvalue weighted by atomic mass is 16.5. The lowest BCUT2D eigenvalue weighted by Gasteiger charge is -2.15. The molecule has 1 fully saturated rings. The van der Waals surface area contributed by atoms with E-state index < -0.39 is 0 Å². The summed E-state index contributed by atoms with van der Waals surface area (Å²) in [5.74, 6) is 1.04. The van der Waals surface area contributed by atoms with Crippen molar-refractivity contribution >= 4 is 5.95 Å². The summed E-state index contributed by atoms with van der Waals surface area (Å²) in [6.07, 6.45) is 8.51. The molecule has 1 aliphatic carbocycles. The van der Waals surface area contributed by atoms with Gasteiger partial charge in [0.2, 0.25) is 5.95 Å². The van der Waals surface area contributed by atoms with Gasteiger partial charge in [0.1, 0.15) is 0 Å². The Bertz CT molecular complexity index is 356. The lowest BCUT2D eigenvalue weighted by Crippen LogP contribution is -2.13. The summed E-state index contributed by atoms with van der Waals surface area (Å²) >= 11 is 0. The lowest BCUT2D eigenvalue weighted by molar-refractivity contribution is 0.147. The number of ether oxygens (including phenoxy) is 1. The zero-order valence-corrected chi connectivity index (χ0v) is 11.6. The van der Waals surface area contributed by atoms with Crippen LogP contribution in [0.4, 0.5) is 5.95 Å². The predicted octanol–water partition coefficient (Wildman–Crippen LogP) is 3.15. The number of nitrogens with zero attached hydrogens (tertiary/aromatic N) is 2. The fourth-order valence-electron chi connectivity index (χ4n) is 2.63. The minimum Gasteiger partial charge on any atom is -0.382 e. The Labute approximate surface area is 110 Å². The smallest absolute Gasteiger partial charge is 0.203 e. The molecule has 4 nitrogen and oxygen atoms in total. The maximum absolute atomic E-state index is 5.34. The summed E-state index contributed by atoms with van der Waals surface area (Å²) in [5, 5.41) is 3.44. The second-order valence-corrected chi connectivity index (χ2v) is 5.03. The number of hydrogen-bond acceptors (Lipinski definition) is 3. The Morgan fingerprint density at radius 1 is 1.44 bits per heavy atom. The van der Waals surface area contributed by atoms with Gasteiger partial charge in [-0.05, 0) is 33.1 Å². The summed E-state index contributed by atoms with van der Waals surface area (Å²) in [6, 6.07) is 0.653. The average molecular weight is 251 g/mol. The van der Waals surface area contributed by atoms with Crippen LogP contribution >= 0.6 is 0 Å². The van der Waals surface area contributed by atoms with Gasteiger partial charge in [-0.1, -0.05) is 12.8 Å². The fourth-order valence-corrected chi connectivity index (χ4v) is 2.63. The molecule has 0 aliphatic heterocycles. The van der Waals surface area contributed by atoms with Crippen LogP contribution in [-0.2, 0) is 4.74 Å². The highest BCUT2D eigenvalue weighted by molar-refractivity contribution is 5.29. The molecule has 0 saturated heterocycles. The number of imidazole rings is 1. The van der Waals surface area contributed by atoms with Gasteiger partial charge in [0.05, 0.1) is 5.69 Å². The van der Waals surface area contributed by atoms with Gasteiger partial charge >= 0.3 is 0 Å². The molecule has 1 saturated carbocycles. The van der Waals surface area contributed by atoms with E-state index >= 15 is 0 Å². The van der Waals surface area contributed by atoms with Crippen molar-refractivity contribution in [1.82, 2.24) is 9.55 Å². The lowest BCUT2D eigenvalue weighted by atomic mass is 10.2. The monoisotopic (exact) mass is 251 g/mol. The van der Waals surface area contributed by atoms with E-state index in [9.17, 15) is 0 Å². The maximum Gasteiger partial charge on any atom is 0.203 e. The molecular weight excluding hydrogens is 226 g/mol. The molecule has 102 valence electrons. The maximum atomic E-state index is 5.34. The quantitative estimate of drug-likeness (QED) is 0.757. The first kappa shape index (κ1) is 13.4. The van der Waals surface area contributed by atoms with Crippen molar-refractivity contribution in [1.29, 1.82) is 0 Å². The molecular formula is C14H25N3O. The van der Waals surface area contributed by atoms with Gasteiger partial charge < -0.3 is 14.6 Å². The van der Waals surface area contributed by atoms with Crippen molar-refractivity contribution in [2.75, 3.05) is 25.1 Å². The van der Waals surface area contributed by atoms with Crippen molar-refractivity contribution in [3.63, 3.8) is 0 Å². The zero-order valence-electron chi connectivity index (χ0n) is 11.6. The first-order valence-electron chi connectivity index (χ1n) is 7.18. The number of rotatable bonds is 7. The standard InChI is InChI=1S/C14H25N3O/c1-3-18-10-6-9-15-14-16-12(2)11-17(14)13-7-4-5-8-13/h11,13H,3-10H2,1-2H3,(H,15,16). The van der Waals surface area contributed by atoms with Gasteiger partial charge in [-0.25, -0.2) is 4.98 Å². The molecule has 0 atom stereocenters. The third-order valence-corrected chi connectivity index (χ3v) is 3.52. The van der Waals surface area contributed by atoms with Gasteiger partial charge in [-0.2, -0.15) is 0 Å². The SMILES string of the molecule is CCOCCCNc1nc(C)cn1C1CCCC1. The Balaban J connectivity index is 1.86. The molecule has 0 spiro atoms. The van der Waals surface area contributed by atoms with Crippen molar-refractivity contribution in [2.45, 2.75) is 52.0 Å². The van der Waals surface area contributed by atoms with Crippen molar-refractivity contribution in [2.24, 2.45) is 0 Å². The van der Waals surface area contributed by atoms with Crippen LogP contribution in [0.2, 0.25) is 0 Å². The largest absolute Gasteiger partial charge is 0.382 e. The van der Waals surface area contributed by atoms with Crippen LogP contribution in [0.5, 0.6) is 0 Å². The molecule has 0 unspecified atom stereocenters. The molecule has 1 heterocycles. The predicted molar refractivity (Wildman–Crippen MR) is 74.1 cm³/mol. The number of aromatic nitrogens is 2. The van der Waals surface area contributed by atoms with E-state index in [4.69, 9.17) is 4.74 Å². The molecule has 0 aromatic carbocycles. The molecule has 1 aliphatic rings. The zero-order chi connectivity index (χ0) is 12.8.